The van der Waals surface area contributed by atoms with Crippen LogP contribution in [0.2, 0.25) is 0 Å². The van der Waals surface area contributed by atoms with Crippen LogP contribution >= 0.6 is 0 Å². The minimum atomic E-state index is 0.648. The SMILES string of the molecule is CCCNC1CCN(OC)C1. The van der Waals surface area contributed by atoms with Gasteiger partial charge in [0.1, 0.15) is 0 Å². The number of rotatable bonds is 4. The fraction of sp³-hybridized carbons (Fsp3) is 1.00. The number of nitrogens with one attached hydrogen (secondary N) is 1. The highest BCUT2D eigenvalue weighted by Crippen LogP contribution is 2.07. The third kappa shape index (κ3) is 2.77. The molecule has 0 saturated carbocycles. The molecule has 1 N–H and O–H groups in total. The Labute approximate surface area is 68.7 Å². The summed E-state index contributed by atoms with van der Waals surface area (Å²) in [6, 6.07) is 0.648. The molecule has 1 unspecified atom stereocenters. The lowest BCUT2D eigenvalue weighted by Gasteiger charge is -2.13. The van der Waals surface area contributed by atoms with Crippen LogP contribution < -0.4 is 5.32 Å². The molecule has 11 heavy (non-hydrogen) atoms. The highest BCUT2D eigenvalue weighted by atomic mass is 16.7. The highest BCUT2D eigenvalue weighted by Gasteiger charge is 2.20. The van der Waals surface area contributed by atoms with Crippen molar-refractivity contribution in [2.75, 3.05) is 26.7 Å². The van der Waals surface area contributed by atoms with Gasteiger partial charge < -0.3 is 10.2 Å². The molecule has 0 aromatic heterocycles. The van der Waals surface area contributed by atoms with Gasteiger partial charge in [0.25, 0.3) is 0 Å². The van der Waals surface area contributed by atoms with Crippen LogP contribution in [0.1, 0.15) is 19.8 Å². The standard InChI is InChI=1S/C8H18N2O/c1-3-5-9-8-4-6-10(7-8)11-2/h8-9H,3-7H2,1-2H3. The molecule has 1 fully saturated rings. The van der Waals surface area contributed by atoms with E-state index in [9.17, 15) is 0 Å². The lowest BCUT2D eigenvalue weighted by atomic mass is 10.2. The summed E-state index contributed by atoms with van der Waals surface area (Å²) in [5.41, 5.74) is 0. The summed E-state index contributed by atoms with van der Waals surface area (Å²) in [5, 5.41) is 5.48. The second-order valence-electron chi connectivity index (χ2n) is 3.01. The fourth-order valence-corrected chi connectivity index (χ4v) is 1.41. The van der Waals surface area contributed by atoms with E-state index in [1.54, 1.807) is 7.11 Å². The number of nitrogens with zero attached hydrogens (tertiary/aromatic N) is 1. The van der Waals surface area contributed by atoms with Crippen LogP contribution in [0.4, 0.5) is 0 Å². The molecular formula is C8H18N2O. The molecule has 1 aliphatic heterocycles. The van der Waals surface area contributed by atoms with E-state index in [1.165, 1.54) is 12.8 Å². The summed E-state index contributed by atoms with van der Waals surface area (Å²) in [6.45, 7) is 5.42. The summed E-state index contributed by atoms with van der Waals surface area (Å²) in [7, 11) is 1.74. The van der Waals surface area contributed by atoms with Gasteiger partial charge in [0.2, 0.25) is 0 Å². The zero-order valence-electron chi connectivity index (χ0n) is 7.47. The van der Waals surface area contributed by atoms with Crippen molar-refractivity contribution in [3.63, 3.8) is 0 Å². The molecule has 0 aliphatic carbocycles. The first-order valence-electron chi connectivity index (χ1n) is 4.39. The lowest BCUT2D eigenvalue weighted by molar-refractivity contribution is -0.113. The minimum Gasteiger partial charge on any atom is -0.313 e. The second-order valence-corrected chi connectivity index (χ2v) is 3.01. The maximum absolute atomic E-state index is 5.11. The van der Waals surface area contributed by atoms with Gasteiger partial charge in [-0.15, -0.1) is 0 Å². The van der Waals surface area contributed by atoms with Gasteiger partial charge in [0, 0.05) is 19.1 Å². The molecule has 0 aromatic carbocycles. The normalized spacial score (nSPS) is 26.2. The van der Waals surface area contributed by atoms with Crippen molar-refractivity contribution in [3.05, 3.63) is 0 Å². The summed E-state index contributed by atoms with van der Waals surface area (Å²) in [6.07, 6.45) is 2.43. The van der Waals surface area contributed by atoms with Gasteiger partial charge in [-0.25, -0.2) is 0 Å². The molecule has 3 nitrogen and oxygen atoms in total. The van der Waals surface area contributed by atoms with Gasteiger partial charge in [0.05, 0.1) is 7.11 Å². The van der Waals surface area contributed by atoms with Crippen LogP contribution in [0, 0.1) is 0 Å². The van der Waals surface area contributed by atoms with E-state index in [4.69, 9.17) is 4.84 Å². The maximum Gasteiger partial charge on any atom is 0.0575 e. The Bertz CT molecular complexity index is 108. The third-order valence-electron chi connectivity index (χ3n) is 2.09. The average molecular weight is 158 g/mol. The lowest BCUT2D eigenvalue weighted by Crippen LogP contribution is -2.32. The van der Waals surface area contributed by atoms with Crippen molar-refractivity contribution in [1.82, 2.24) is 10.4 Å². The second kappa shape index (κ2) is 4.70. The molecule has 1 heterocycles. The van der Waals surface area contributed by atoms with Gasteiger partial charge in [-0.1, -0.05) is 6.92 Å². The van der Waals surface area contributed by atoms with E-state index in [0.717, 1.165) is 19.6 Å². The van der Waals surface area contributed by atoms with Crippen molar-refractivity contribution in [2.24, 2.45) is 0 Å². The molecule has 1 aliphatic rings. The van der Waals surface area contributed by atoms with Gasteiger partial charge >= 0.3 is 0 Å². The summed E-state index contributed by atoms with van der Waals surface area (Å²) < 4.78 is 0. The Morgan fingerprint density at radius 1 is 1.64 bits per heavy atom. The molecule has 1 rings (SSSR count). The van der Waals surface area contributed by atoms with Gasteiger partial charge in [-0.2, -0.15) is 5.06 Å². The van der Waals surface area contributed by atoms with Crippen LogP contribution in [0.5, 0.6) is 0 Å². The van der Waals surface area contributed by atoms with Crippen LogP contribution in [0.25, 0.3) is 0 Å². The molecular weight excluding hydrogens is 140 g/mol. The predicted molar refractivity (Wildman–Crippen MR) is 45.3 cm³/mol. The smallest absolute Gasteiger partial charge is 0.0575 e. The monoisotopic (exact) mass is 158 g/mol. The Hall–Kier alpha value is -0.120. The van der Waals surface area contributed by atoms with E-state index < -0.39 is 0 Å². The zero-order chi connectivity index (χ0) is 8.10. The van der Waals surface area contributed by atoms with Crippen molar-refractivity contribution in [2.45, 2.75) is 25.8 Å². The van der Waals surface area contributed by atoms with Crippen LogP contribution in [0.15, 0.2) is 0 Å². The van der Waals surface area contributed by atoms with Crippen molar-refractivity contribution >= 4 is 0 Å². The first kappa shape index (κ1) is 8.97. The van der Waals surface area contributed by atoms with E-state index in [2.05, 4.69) is 12.2 Å². The molecule has 1 atom stereocenters. The molecule has 66 valence electrons. The topological polar surface area (TPSA) is 24.5 Å². The van der Waals surface area contributed by atoms with Crippen LogP contribution in [-0.2, 0) is 4.84 Å². The minimum absolute atomic E-state index is 0.648. The first-order chi connectivity index (χ1) is 5.36. The van der Waals surface area contributed by atoms with E-state index in [-0.39, 0.29) is 0 Å². The first-order valence-corrected chi connectivity index (χ1v) is 4.39. The average Bonchev–Trinajstić information content (AvgIpc) is 2.48. The number of hydrogen-bond donors (Lipinski definition) is 1. The van der Waals surface area contributed by atoms with Crippen LogP contribution in [-0.4, -0.2) is 37.8 Å². The van der Waals surface area contributed by atoms with Crippen molar-refractivity contribution < 1.29 is 4.84 Å². The van der Waals surface area contributed by atoms with E-state index in [1.807, 2.05) is 5.06 Å². The molecule has 0 amide bonds. The third-order valence-corrected chi connectivity index (χ3v) is 2.09. The largest absolute Gasteiger partial charge is 0.313 e. The van der Waals surface area contributed by atoms with E-state index in [0.29, 0.717) is 6.04 Å². The molecule has 3 heteroatoms. The number of hydrogen-bond acceptors (Lipinski definition) is 3. The zero-order valence-corrected chi connectivity index (χ0v) is 7.47. The molecule has 0 spiro atoms. The Kier molecular flexibility index (Phi) is 3.83. The van der Waals surface area contributed by atoms with Gasteiger partial charge in [-0.05, 0) is 19.4 Å². The van der Waals surface area contributed by atoms with Crippen molar-refractivity contribution in [1.29, 1.82) is 0 Å². The fourth-order valence-electron chi connectivity index (χ4n) is 1.41. The van der Waals surface area contributed by atoms with Crippen LogP contribution in [0.3, 0.4) is 0 Å². The quantitative estimate of drug-likeness (QED) is 0.649. The molecule has 0 radical (unpaired) electrons. The highest BCUT2D eigenvalue weighted by molar-refractivity contribution is 4.76. The van der Waals surface area contributed by atoms with E-state index >= 15 is 0 Å². The van der Waals surface area contributed by atoms with Gasteiger partial charge in [-0.3, -0.25) is 0 Å². The predicted octanol–water partition coefficient (Wildman–Crippen LogP) is 0.622. The number of hydroxylamine groups is 2. The van der Waals surface area contributed by atoms with Crippen molar-refractivity contribution in [3.8, 4) is 0 Å². The Balaban J connectivity index is 2.09. The maximum atomic E-state index is 5.11. The molecule has 0 bridgehead atoms. The van der Waals surface area contributed by atoms with Gasteiger partial charge in [0.15, 0.2) is 0 Å². The Morgan fingerprint density at radius 3 is 3.00 bits per heavy atom. The molecule has 0 aromatic rings. The molecule has 1 saturated heterocycles. The summed E-state index contributed by atoms with van der Waals surface area (Å²) >= 11 is 0. The summed E-state index contributed by atoms with van der Waals surface area (Å²) in [5.74, 6) is 0. The Morgan fingerprint density at radius 2 is 2.45 bits per heavy atom. The summed E-state index contributed by atoms with van der Waals surface area (Å²) in [4.78, 5) is 5.11.